The molecule has 0 heterocycles. The lowest BCUT2D eigenvalue weighted by molar-refractivity contribution is -0.870. The molecule has 0 fully saturated rings. The SMILES string of the molecule is CCCCC/C=C\C/C=C\C/C=C\C/C=C\CCCC(=O)OC[C@H](COP(=O)(O)OCC[N+](C)(C)C)OC(=O)CCCCCCC/C=C\C=C\C(=O)CCCCC. The van der Waals surface area contributed by atoms with E-state index in [1.807, 2.05) is 39.4 Å². The van der Waals surface area contributed by atoms with Crippen LogP contribution < -0.4 is 0 Å². The molecule has 0 radical (unpaired) electrons. The lowest BCUT2D eigenvalue weighted by Crippen LogP contribution is -2.37. The van der Waals surface area contributed by atoms with Gasteiger partial charge in [-0.25, -0.2) is 4.57 Å². The van der Waals surface area contributed by atoms with Gasteiger partial charge in [-0.3, -0.25) is 23.4 Å². The van der Waals surface area contributed by atoms with E-state index in [0.717, 1.165) is 77.0 Å². The first kappa shape index (κ1) is 54.1. The van der Waals surface area contributed by atoms with E-state index in [1.54, 1.807) is 6.08 Å². The summed E-state index contributed by atoms with van der Waals surface area (Å²) in [6, 6.07) is 0. The minimum Gasteiger partial charge on any atom is -0.462 e. The number of nitrogens with zero attached hydrogens (tertiary/aromatic N) is 1. The molecule has 10 nitrogen and oxygen atoms in total. The van der Waals surface area contributed by atoms with Crippen molar-refractivity contribution < 1.29 is 46.8 Å². The van der Waals surface area contributed by atoms with E-state index in [4.69, 9.17) is 18.5 Å². The Balaban J connectivity index is 4.55. The fourth-order valence-electron chi connectivity index (χ4n) is 5.22. The van der Waals surface area contributed by atoms with Gasteiger partial charge in [0.15, 0.2) is 11.9 Å². The van der Waals surface area contributed by atoms with Crippen LogP contribution in [0.25, 0.3) is 0 Å². The van der Waals surface area contributed by atoms with Crippen molar-refractivity contribution >= 4 is 25.5 Å². The van der Waals surface area contributed by atoms with Gasteiger partial charge in [-0.1, -0.05) is 126 Å². The number of quaternary nitrogens is 1. The third-order valence-corrected chi connectivity index (χ3v) is 9.67. The number of likely N-dealkylation sites (N-methyl/N-ethyl adjacent to an activating group) is 1. The molecule has 1 unspecified atom stereocenters. The van der Waals surface area contributed by atoms with E-state index in [9.17, 15) is 23.8 Å². The smallest absolute Gasteiger partial charge is 0.462 e. The highest BCUT2D eigenvalue weighted by Gasteiger charge is 2.27. The molecule has 0 aromatic heterocycles. The number of rotatable bonds is 38. The first-order valence-corrected chi connectivity index (χ1v) is 23.1. The molecule has 0 rings (SSSR count). The largest absolute Gasteiger partial charge is 0.472 e. The van der Waals surface area contributed by atoms with Gasteiger partial charge in [-0.2, -0.15) is 0 Å². The van der Waals surface area contributed by atoms with Gasteiger partial charge >= 0.3 is 19.8 Å². The standard InChI is InChI=1S/C46H78NO9P/c1-6-8-10-11-12-13-14-15-16-17-18-19-20-23-26-29-33-37-45(49)53-41-44(42-55-57(51,52)54-40-39-47(3,4)5)56-46(50)38-34-30-27-24-21-22-25-28-32-36-43(48)35-31-9-7-2/h12-13,15-16,18-19,23,25-26,28,32,36,44H,6-11,14,17,20-22,24,27,29-31,33-35,37-42H2,1-5H3/p+1/b13-12-,16-15-,19-18-,26-23-,28-25-,36-32+/t44-/m1/s1. The minimum atomic E-state index is -4.41. The Morgan fingerprint density at radius 2 is 1.12 bits per heavy atom. The normalized spacial score (nSPS) is 14.2. The maximum absolute atomic E-state index is 12.7. The van der Waals surface area contributed by atoms with Crippen molar-refractivity contribution in [1.29, 1.82) is 0 Å². The number of carbonyl (C=O) groups excluding carboxylic acids is 3. The van der Waals surface area contributed by atoms with Crippen LogP contribution in [0, 0.1) is 0 Å². The molecule has 0 aromatic rings. The van der Waals surface area contributed by atoms with E-state index in [1.165, 1.54) is 25.7 Å². The second-order valence-electron chi connectivity index (χ2n) is 15.4. The highest BCUT2D eigenvalue weighted by molar-refractivity contribution is 7.47. The molecule has 0 amide bonds. The Hall–Kier alpha value is -2.88. The lowest BCUT2D eigenvalue weighted by Gasteiger charge is -2.24. The first-order valence-electron chi connectivity index (χ1n) is 21.6. The fourth-order valence-corrected chi connectivity index (χ4v) is 5.96. The number of hydrogen-bond donors (Lipinski definition) is 1. The first-order chi connectivity index (χ1) is 27.4. The van der Waals surface area contributed by atoms with E-state index in [-0.39, 0.29) is 31.8 Å². The molecule has 0 aliphatic carbocycles. The molecule has 0 saturated carbocycles. The topological polar surface area (TPSA) is 125 Å². The summed E-state index contributed by atoms with van der Waals surface area (Å²) >= 11 is 0. The summed E-state index contributed by atoms with van der Waals surface area (Å²) in [6.45, 7) is 4.09. The summed E-state index contributed by atoms with van der Waals surface area (Å²) in [5, 5.41) is 0. The van der Waals surface area contributed by atoms with Crippen LogP contribution in [-0.4, -0.2) is 80.7 Å². The van der Waals surface area contributed by atoms with E-state index in [2.05, 4.69) is 62.5 Å². The summed E-state index contributed by atoms with van der Waals surface area (Å²) < 4.78 is 34.1. The average Bonchev–Trinajstić information content (AvgIpc) is 3.15. The van der Waals surface area contributed by atoms with E-state index >= 15 is 0 Å². The van der Waals surface area contributed by atoms with Crippen molar-refractivity contribution in [3.63, 3.8) is 0 Å². The molecule has 11 heteroatoms. The number of ether oxygens (including phenoxy) is 2. The number of esters is 2. The van der Waals surface area contributed by atoms with Crippen LogP contribution in [0.4, 0.5) is 0 Å². The fraction of sp³-hybridized carbons (Fsp3) is 0.674. The molecule has 2 atom stereocenters. The number of phosphoric acid groups is 1. The zero-order valence-electron chi connectivity index (χ0n) is 36.3. The second-order valence-corrected chi connectivity index (χ2v) is 16.9. The number of phosphoric ester groups is 1. The molecule has 0 aromatic carbocycles. The number of unbranched alkanes of at least 4 members (excludes halogenated alkanes) is 11. The Morgan fingerprint density at radius 1 is 0.596 bits per heavy atom. The van der Waals surface area contributed by atoms with Crippen molar-refractivity contribution in [2.45, 2.75) is 155 Å². The van der Waals surface area contributed by atoms with Crippen LogP contribution in [0.1, 0.15) is 149 Å². The molecule has 57 heavy (non-hydrogen) atoms. The quantitative estimate of drug-likeness (QED) is 0.0123. The molecule has 326 valence electrons. The van der Waals surface area contributed by atoms with Crippen LogP contribution >= 0.6 is 7.82 Å². The van der Waals surface area contributed by atoms with Crippen LogP contribution in [0.3, 0.4) is 0 Å². The molecule has 0 aliphatic rings. The van der Waals surface area contributed by atoms with Gasteiger partial charge in [-0.15, -0.1) is 0 Å². The van der Waals surface area contributed by atoms with Crippen LogP contribution in [-0.2, 0) is 37.5 Å². The maximum Gasteiger partial charge on any atom is 0.472 e. The second kappa shape index (κ2) is 37.4. The molecular weight excluding hydrogens is 741 g/mol. The highest BCUT2D eigenvalue weighted by atomic mass is 31.2. The van der Waals surface area contributed by atoms with Crippen molar-refractivity contribution in [1.82, 2.24) is 0 Å². The van der Waals surface area contributed by atoms with Gasteiger partial charge in [0.2, 0.25) is 0 Å². The monoisotopic (exact) mass is 821 g/mol. The molecule has 0 saturated heterocycles. The predicted octanol–water partition coefficient (Wildman–Crippen LogP) is 11.4. The summed E-state index contributed by atoms with van der Waals surface area (Å²) in [7, 11) is 1.38. The summed E-state index contributed by atoms with van der Waals surface area (Å²) in [5.41, 5.74) is 0. The summed E-state index contributed by atoms with van der Waals surface area (Å²) in [4.78, 5) is 47.1. The minimum absolute atomic E-state index is 0.00367. The molecule has 0 spiro atoms. The average molecular weight is 821 g/mol. The van der Waals surface area contributed by atoms with Crippen molar-refractivity contribution in [3.05, 3.63) is 72.9 Å². The predicted molar refractivity (Wildman–Crippen MR) is 234 cm³/mol. The van der Waals surface area contributed by atoms with Crippen LogP contribution in [0.5, 0.6) is 0 Å². The summed E-state index contributed by atoms with van der Waals surface area (Å²) in [6.07, 6.45) is 42.2. The molecular formula is C46H79NO9P+. The third-order valence-electron chi connectivity index (χ3n) is 8.69. The zero-order chi connectivity index (χ0) is 42.3. The molecule has 0 aliphatic heterocycles. The molecule has 0 bridgehead atoms. The van der Waals surface area contributed by atoms with E-state index < -0.39 is 32.5 Å². The van der Waals surface area contributed by atoms with Gasteiger partial charge < -0.3 is 18.9 Å². The Bertz CT molecular complexity index is 1260. The van der Waals surface area contributed by atoms with E-state index in [0.29, 0.717) is 30.3 Å². The third kappa shape index (κ3) is 41.1. The van der Waals surface area contributed by atoms with Gasteiger partial charge in [0.05, 0.1) is 27.7 Å². The maximum atomic E-state index is 12.7. The number of carbonyl (C=O) groups is 3. The van der Waals surface area contributed by atoms with Crippen molar-refractivity contribution in [3.8, 4) is 0 Å². The number of ketones is 1. The zero-order valence-corrected chi connectivity index (χ0v) is 37.2. The van der Waals surface area contributed by atoms with Crippen LogP contribution in [0.15, 0.2) is 72.9 Å². The highest BCUT2D eigenvalue weighted by Crippen LogP contribution is 2.43. The van der Waals surface area contributed by atoms with Crippen LogP contribution in [0.2, 0.25) is 0 Å². The Labute approximate surface area is 346 Å². The number of hydrogen-bond acceptors (Lipinski definition) is 8. The Morgan fingerprint density at radius 3 is 1.77 bits per heavy atom. The van der Waals surface area contributed by atoms with Gasteiger partial charge in [0.1, 0.15) is 19.8 Å². The Kier molecular flexibility index (Phi) is 35.5. The van der Waals surface area contributed by atoms with Crippen molar-refractivity contribution in [2.75, 3.05) is 47.5 Å². The lowest BCUT2D eigenvalue weighted by atomic mass is 10.1. The summed E-state index contributed by atoms with van der Waals surface area (Å²) in [5.74, 6) is -0.762. The van der Waals surface area contributed by atoms with Gasteiger partial charge in [0, 0.05) is 19.3 Å². The van der Waals surface area contributed by atoms with Gasteiger partial charge in [0.25, 0.3) is 0 Å². The molecule has 1 N–H and O–H groups in total. The van der Waals surface area contributed by atoms with Gasteiger partial charge in [-0.05, 0) is 76.7 Å². The number of allylic oxidation sites excluding steroid dienone is 12. The van der Waals surface area contributed by atoms with Crippen molar-refractivity contribution in [2.24, 2.45) is 0 Å².